The van der Waals surface area contributed by atoms with E-state index in [4.69, 9.17) is 9.72 Å². The van der Waals surface area contributed by atoms with Crippen molar-refractivity contribution in [2.75, 3.05) is 18.0 Å². The Morgan fingerprint density at radius 3 is 2.63 bits per heavy atom. The van der Waals surface area contributed by atoms with Crippen LogP contribution >= 0.6 is 0 Å². The van der Waals surface area contributed by atoms with Crippen LogP contribution in [0.5, 0.6) is 0 Å². The number of nitrogens with zero attached hydrogens (tertiary/aromatic N) is 3. The number of ether oxygens (including phenoxy) is 1. The van der Waals surface area contributed by atoms with Gasteiger partial charge in [-0.1, -0.05) is 44.0 Å². The van der Waals surface area contributed by atoms with Gasteiger partial charge in [0.2, 0.25) is 0 Å². The number of piperidine rings is 1. The van der Waals surface area contributed by atoms with E-state index in [0.29, 0.717) is 5.82 Å². The van der Waals surface area contributed by atoms with Crippen LogP contribution in [0.1, 0.15) is 71.4 Å². The third-order valence-corrected chi connectivity index (χ3v) is 5.39. The summed E-state index contributed by atoms with van der Waals surface area (Å²) in [5.74, 6) is 0.673. The van der Waals surface area contributed by atoms with Crippen LogP contribution in [0.2, 0.25) is 0 Å². The quantitative estimate of drug-likeness (QED) is 0.547. The van der Waals surface area contributed by atoms with Crippen LogP contribution in [-0.4, -0.2) is 34.7 Å². The van der Waals surface area contributed by atoms with Gasteiger partial charge in [0.15, 0.2) is 0 Å². The first-order chi connectivity index (χ1) is 14.4. The molecule has 30 heavy (non-hydrogen) atoms. The lowest BCUT2D eigenvalue weighted by molar-refractivity contribution is 0.0597. The van der Waals surface area contributed by atoms with Crippen molar-refractivity contribution in [3.8, 4) is 0 Å². The van der Waals surface area contributed by atoms with E-state index in [2.05, 4.69) is 17.9 Å². The third kappa shape index (κ3) is 5.60. The van der Waals surface area contributed by atoms with Crippen molar-refractivity contribution in [2.24, 2.45) is 0 Å². The second kappa shape index (κ2) is 10.1. The highest BCUT2D eigenvalue weighted by molar-refractivity contribution is 5.96. The number of hydrogen-bond donors (Lipinski definition) is 0. The fraction of sp³-hybridized carbons (Fsp3) is 0.520. The molecule has 5 heteroatoms. The van der Waals surface area contributed by atoms with Crippen LogP contribution in [-0.2, 0) is 4.74 Å². The molecule has 1 amide bonds. The normalized spacial score (nSPS) is 17.5. The van der Waals surface area contributed by atoms with Crippen LogP contribution in [0.4, 0.5) is 16.3 Å². The Hall–Kier alpha value is -2.40. The van der Waals surface area contributed by atoms with Crippen molar-refractivity contribution in [3.63, 3.8) is 0 Å². The maximum atomic E-state index is 13.3. The fourth-order valence-electron chi connectivity index (χ4n) is 4.03. The van der Waals surface area contributed by atoms with E-state index in [1.54, 1.807) is 11.1 Å². The second-order valence-corrected chi connectivity index (χ2v) is 8.97. The van der Waals surface area contributed by atoms with E-state index >= 15 is 0 Å². The van der Waals surface area contributed by atoms with Crippen molar-refractivity contribution in [2.45, 2.75) is 71.4 Å². The molecule has 0 N–H and O–H groups in total. The summed E-state index contributed by atoms with van der Waals surface area (Å²) in [5, 5.41) is 0. The van der Waals surface area contributed by atoms with Gasteiger partial charge >= 0.3 is 6.09 Å². The van der Waals surface area contributed by atoms with E-state index in [1.165, 1.54) is 25.7 Å². The van der Waals surface area contributed by atoms with Gasteiger partial charge in [0.05, 0.1) is 5.69 Å². The number of unbranched alkanes of at least 4 members (excludes halogenated alkanes) is 1. The summed E-state index contributed by atoms with van der Waals surface area (Å²) in [6.45, 7) is 10.1. The number of benzene rings is 1. The van der Waals surface area contributed by atoms with Crippen molar-refractivity contribution in [3.05, 3.63) is 54.2 Å². The lowest BCUT2D eigenvalue weighted by Gasteiger charge is -2.38. The molecule has 1 saturated heterocycles. The topological polar surface area (TPSA) is 45.7 Å². The van der Waals surface area contributed by atoms with Crippen LogP contribution in [0.3, 0.4) is 0 Å². The molecular formula is C25H35N3O2. The summed E-state index contributed by atoms with van der Waals surface area (Å²) in [6.07, 6.45) is 7.23. The van der Waals surface area contributed by atoms with Crippen molar-refractivity contribution < 1.29 is 9.53 Å². The molecule has 162 valence electrons. The highest BCUT2D eigenvalue weighted by atomic mass is 16.6. The smallest absolute Gasteiger partial charge is 0.420 e. The Morgan fingerprint density at radius 2 is 1.93 bits per heavy atom. The first-order valence-corrected chi connectivity index (χ1v) is 11.2. The molecule has 2 heterocycles. The number of carbonyl (C=O) groups is 1. The van der Waals surface area contributed by atoms with Gasteiger partial charge in [-0.3, -0.25) is 4.90 Å². The zero-order valence-corrected chi connectivity index (χ0v) is 18.8. The fourth-order valence-corrected chi connectivity index (χ4v) is 4.03. The van der Waals surface area contributed by atoms with Gasteiger partial charge in [0.1, 0.15) is 11.4 Å². The first-order valence-electron chi connectivity index (χ1n) is 11.2. The number of likely N-dealkylation sites (tertiary alicyclic amines) is 1. The van der Waals surface area contributed by atoms with Crippen LogP contribution in [0.25, 0.3) is 0 Å². The molecule has 0 saturated carbocycles. The molecule has 3 rings (SSSR count). The Morgan fingerprint density at radius 1 is 1.17 bits per heavy atom. The number of carbonyl (C=O) groups excluding carboxylic acids is 1. The number of amides is 1. The van der Waals surface area contributed by atoms with E-state index in [9.17, 15) is 4.79 Å². The molecule has 1 atom stereocenters. The third-order valence-electron chi connectivity index (χ3n) is 5.39. The number of para-hydroxylation sites is 1. The molecular weight excluding hydrogens is 374 g/mol. The number of anilines is 2. The Kier molecular flexibility index (Phi) is 7.48. The number of pyridine rings is 1. The average molecular weight is 410 g/mol. The van der Waals surface area contributed by atoms with E-state index in [1.807, 2.05) is 57.2 Å². The van der Waals surface area contributed by atoms with Gasteiger partial charge in [0, 0.05) is 17.8 Å². The summed E-state index contributed by atoms with van der Waals surface area (Å²) in [4.78, 5) is 22.2. The molecule has 1 aliphatic rings. The summed E-state index contributed by atoms with van der Waals surface area (Å²) < 4.78 is 5.78. The summed E-state index contributed by atoms with van der Waals surface area (Å²) in [6, 6.07) is 14.0. The van der Waals surface area contributed by atoms with Crippen LogP contribution in [0.15, 0.2) is 48.7 Å². The van der Waals surface area contributed by atoms with Crippen molar-refractivity contribution >= 4 is 17.6 Å². The van der Waals surface area contributed by atoms with Gasteiger partial charge in [0.25, 0.3) is 0 Å². The SMILES string of the molecule is CCCCN1CCCC[C@@H]1c1cccnc1N(C(=O)OC(C)(C)C)c1ccccc1. The lowest BCUT2D eigenvalue weighted by atomic mass is 9.95. The first kappa shape index (κ1) is 22.3. The number of rotatable bonds is 6. The predicted octanol–water partition coefficient (Wildman–Crippen LogP) is 6.48. The lowest BCUT2D eigenvalue weighted by Crippen LogP contribution is -2.38. The standard InChI is InChI=1S/C25H35N3O2/c1-5-6-18-27-19-11-10-16-22(27)21-15-12-17-26-23(21)28(20-13-8-7-9-14-20)24(29)30-25(2,3)4/h7-9,12-15,17,22H,5-6,10-11,16,18-19H2,1-4H3/t22-/m1/s1. The monoisotopic (exact) mass is 409 g/mol. The minimum Gasteiger partial charge on any atom is -0.443 e. The minimum absolute atomic E-state index is 0.266. The van der Waals surface area contributed by atoms with Gasteiger partial charge in [-0.25, -0.2) is 14.7 Å². The Labute approximate surface area is 181 Å². The molecule has 0 spiro atoms. The van der Waals surface area contributed by atoms with Crippen LogP contribution in [0, 0.1) is 0 Å². The van der Waals surface area contributed by atoms with Crippen molar-refractivity contribution in [1.29, 1.82) is 0 Å². The summed E-state index contributed by atoms with van der Waals surface area (Å²) >= 11 is 0. The van der Waals surface area contributed by atoms with Gasteiger partial charge in [-0.15, -0.1) is 0 Å². The highest BCUT2D eigenvalue weighted by Gasteiger charge is 2.32. The van der Waals surface area contributed by atoms with Gasteiger partial charge in [-0.2, -0.15) is 0 Å². The van der Waals surface area contributed by atoms with E-state index in [-0.39, 0.29) is 6.04 Å². The maximum Gasteiger partial charge on any atom is 0.420 e. The van der Waals surface area contributed by atoms with E-state index in [0.717, 1.165) is 30.8 Å². The van der Waals surface area contributed by atoms with Crippen LogP contribution < -0.4 is 4.90 Å². The number of aromatic nitrogens is 1. The number of hydrogen-bond acceptors (Lipinski definition) is 4. The Balaban J connectivity index is 2.03. The molecule has 1 aliphatic heterocycles. The molecule has 0 unspecified atom stereocenters. The molecule has 0 radical (unpaired) electrons. The van der Waals surface area contributed by atoms with Gasteiger partial charge in [-0.05, 0) is 71.3 Å². The predicted molar refractivity (Wildman–Crippen MR) is 122 cm³/mol. The highest BCUT2D eigenvalue weighted by Crippen LogP contribution is 2.38. The average Bonchev–Trinajstić information content (AvgIpc) is 2.72. The van der Waals surface area contributed by atoms with E-state index < -0.39 is 11.7 Å². The Bertz CT molecular complexity index is 817. The van der Waals surface area contributed by atoms with Crippen molar-refractivity contribution in [1.82, 2.24) is 9.88 Å². The summed E-state index contributed by atoms with van der Waals surface area (Å²) in [5.41, 5.74) is 1.28. The molecule has 2 aromatic rings. The zero-order chi connectivity index (χ0) is 21.6. The molecule has 1 aromatic heterocycles. The molecule has 0 bridgehead atoms. The maximum absolute atomic E-state index is 13.3. The summed E-state index contributed by atoms with van der Waals surface area (Å²) in [7, 11) is 0. The second-order valence-electron chi connectivity index (χ2n) is 8.97. The zero-order valence-electron chi connectivity index (χ0n) is 18.8. The molecule has 5 nitrogen and oxygen atoms in total. The molecule has 1 aromatic carbocycles. The molecule has 1 fully saturated rings. The largest absolute Gasteiger partial charge is 0.443 e. The molecule has 0 aliphatic carbocycles. The minimum atomic E-state index is -0.586. The van der Waals surface area contributed by atoms with Gasteiger partial charge < -0.3 is 4.74 Å².